The van der Waals surface area contributed by atoms with Crippen LogP contribution in [-0.2, 0) is 0 Å². The average Bonchev–Trinajstić information content (AvgIpc) is 2.38. The van der Waals surface area contributed by atoms with Gasteiger partial charge in [-0.15, -0.1) is 0 Å². The lowest BCUT2D eigenvalue weighted by molar-refractivity contribution is 0.0692. The first kappa shape index (κ1) is 14.0. The molecule has 0 amide bonds. The van der Waals surface area contributed by atoms with Crippen LogP contribution in [-0.4, -0.2) is 16.9 Å². The van der Waals surface area contributed by atoms with Crippen LogP contribution in [0, 0.1) is 0 Å². The molecule has 5 heteroatoms. The van der Waals surface area contributed by atoms with Crippen molar-refractivity contribution in [1.29, 1.82) is 0 Å². The Bertz CT molecular complexity index is 648. The van der Waals surface area contributed by atoms with E-state index in [4.69, 9.17) is 5.11 Å². The molecule has 2 aromatic carbocycles. The molecular weight excluding hydrogens is 376 g/mol. The molecule has 0 aliphatic rings. The van der Waals surface area contributed by atoms with E-state index >= 15 is 0 Å². The Kier molecular flexibility index (Phi) is 4.17. The molecule has 0 saturated heterocycles. The van der Waals surface area contributed by atoms with Crippen LogP contribution >= 0.6 is 31.9 Å². The van der Waals surface area contributed by atoms with Crippen molar-refractivity contribution in [2.45, 2.75) is 0 Å². The van der Waals surface area contributed by atoms with Gasteiger partial charge in [-0.25, -0.2) is 4.79 Å². The van der Waals surface area contributed by atoms with Crippen molar-refractivity contribution in [1.82, 2.24) is 0 Å². The molecule has 19 heavy (non-hydrogen) atoms. The van der Waals surface area contributed by atoms with Gasteiger partial charge in [0.25, 0.3) is 0 Å². The molecule has 0 atom stereocenters. The van der Waals surface area contributed by atoms with Crippen molar-refractivity contribution < 1.29 is 14.7 Å². The van der Waals surface area contributed by atoms with E-state index in [0.717, 1.165) is 4.47 Å². The number of halogens is 2. The van der Waals surface area contributed by atoms with Crippen molar-refractivity contribution in [2.75, 3.05) is 0 Å². The molecular formula is C14H8Br2O3. The fourth-order valence-corrected chi connectivity index (χ4v) is 2.27. The molecule has 0 saturated carbocycles. The SMILES string of the molecule is O=C(O)c1cc(Br)ccc1C(=O)c1ccc(Br)cc1. The molecule has 0 spiro atoms. The van der Waals surface area contributed by atoms with Crippen LogP contribution in [0.15, 0.2) is 51.4 Å². The van der Waals surface area contributed by atoms with E-state index in [1.165, 1.54) is 12.1 Å². The summed E-state index contributed by atoms with van der Waals surface area (Å²) < 4.78 is 1.48. The molecule has 0 bridgehead atoms. The third-order valence-corrected chi connectivity index (χ3v) is 3.58. The number of carboxylic acids is 1. The van der Waals surface area contributed by atoms with Gasteiger partial charge >= 0.3 is 5.97 Å². The maximum absolute atomic E-state index is 12.3. The van der Waals surface area contributed by atoms with Gasteiger partial charge < -0.3 is 5.11 Å². The number of carbonyl (C=O) groups excluding carboxylic acids is 1. The first-order valence-electron chi connectivity index (χ1n) is 5.32. The zero-order chi connectivity index (χ0) is 14.0. The highest BCUT2D eigenvalue weighted by molar-refractivity contribution is 9.10. The predicted octanol–water partition coefficient (Wildman–Crippen LogP) is 4.14. The Morgan fingerprint density at radius 3 is 2.00 bits per heavy atom. The zero-order valence-corrected chi connectivity index (χ0v) is 12.7. The average molecular weight is 384 g/mol. The molecule has 96 valence electrons. The number of benzene rings is 2. The topological polar surface area (TPSA) is 54.4 Å². The summed E-state index contributed by atoms with van der Waals surface area (Å²) in [5, 5.41) is 9.15. The fraction of sp³-hybridized carbons (Fsp3) is 0. The van der Waals surface area contributed by atoms with Gasteiger partial charge in [-0.05, 0) is 42.5 Å². The number of carboxylic acid groups (broad SMARTS) is 1. The van der Waals surface area contributed by atoms with E-state index in [2.05, 4.69) is 31.9 Å². The lowest BCUT2D eigenvalue weighted by Crippen LogP contribution is -2.09. The van der Waals surface area contributed by atoms with Crippen LogP contribution in [0.2, 0.25) is 0 Å². The van der Waals surface area contributed by atoms with Gasteiger partial charge in [0, 0.05) is 20.1 Å². The van der Waals surface area contributed by atoms with Crippen LogP contribution in [0.25, 0.3) is 0 Å². The van der Waals surface area contributed by atoms with Crippen molar-refractivity contribution in [3.05, 3.63) is 68.1 Å². The van der Waals surface area contributed by atoms with Crippen LogP contribution < -0.4 is 0 Å². The number of hydrogen-bond donors (Lipinski definition) is 1. The smallest absolute Gasteiger partial charge is 0.336 e. The number of carbonyl (C=O) groups is 2. The second-order valence-electron chi connectivity index (χ2n) is 3.83. The molecule has 0 radical (unpaired) electrons. The van der Waals surface area contributed by atoms with E-state index in [9.17, 15) is 9.59 Å². The van der Waals surface area contributed by atoms with Crippen molar-refractivity contribution in [2.24, 2.45) is 0 Å². The molecule has 3 nitrogen and oxygen atoms in total. The van der Waals surface area contributed by atoms with Gasteiger partial charge in [-0.2, -0.15) is 0 Å². The zero-order valence-electron chi connectivity index (χ0n) is 9.56. The summed E-state index contributed by atoms with van der Waals surface area (Å²) in [7, 11) is 0. The van der Waals surface area contributed by atoms with Gasteiger partial charge in [0.05, 0.1) is 5.56 Å². The van der Waals surface area contributed by atoms with E-state index in [1.54, 1.807) is 30.3 Å². The molecule has 0 aromatic heterocycles. The molecule has 0 aliphatic heterocycles. The van der Waals surface area contributed by atoms with Crippen molar-refractivity contribution in [3.8, 4) is 0 Å². The largest absolute Gasteiger partial charge is 0.478 e. The minimum absolute atomic E-state index is 0.0118. The minimum atomic E-state index is -1.12. The van der Waals surface area contributed by atoms with Crippen molar-refractivity contribution >= 4 is 43.6 Å². The standard InChI is InChI=1S/C14H8Br2O3/c15-9-3-1-8(2-4-9)13(17)11-6-5-10(16)7-12(11)14(18)19/h1-7H,(H,18,19). The van der Waals surface area contributed by atoms with Crippen LogP contribution in [0.1, 0.15) is 26.3 Å². The lowest BCUT2D eigenvalue weighted by Gasteiger charge is -2.06. The highest BCUT2D eigenvalue weighted by Crippen LogP contribution is 2.21. The van der Waals surface area contributed by atoms with Gasteiger partial charge in [-0.3, -0.25) is 4.79 Å². The summed E-state index contributed by atoms with van der Waals surface area (Å²) in [5.41, 5.74) is 0.619. The number of hydrogen-bond acceptors (Lipinski definition) is 2. The molecule has 2 aromatic rings. The second kappa shape index (κ2) is 5.67. The Balaban J connectivity index is 2.49. The van der Waals surface area contributed by atoms with Gasteiger partial charge in [0.1, 0.15) is 0 Å². The molecule has 2 rings (SSSR count). The highest BCUT2D eigenvalue weighted by atomic mass is 79.9. The summed E-state index contributed by atoms with van der Waals surface area (Å²) in [5.74, 6) is -1.43. The van der Waals surface area contributed by atoms with Crippen LogP contribution in [0.3, 0.4) is 0 Å². The maximum Gasteiger partial charge on any atom is 0.336 e. The Morgan fingerprint density at radius 2 is 1.42 bits per heavy atom. The van der Waals surface area contributed by atoms with Crippen molar-refractivity contribution in [3.63, 3.8) is 0 Å². The lowest BCUT2D eigenvalue weighted by atomic mass is 9.98. The molecule has 0 heterocycles. The molecule has 0 fully saturated rings. The van der Waals surface area contributed by atoms with Crippen LogP contribution in [0.5, 0.6) is 0 Å². The van der Waals surface area contributed by atoms with Gasteiger partial charge in [-0.1, -0.05) is 31.9 Å². The second-order valence-corrected chi connectivity index (χ2v) is 5.66. The number of aromatic carboxylic acids is 1. The molecule has 0 aliphatic carbocycles. The van der Waals surface area contributed by atoms with E-state index in [-0.39, 0.29) is 16.9 Å². The summed E-state index contributed by atoms with van der Waals surface area (Å²) >= 11 is 6.49. The Labute approximate surface area is 126 Å². The van der Waals surface area contributed by atoms with Crippen LogP contribution in [0.4, 0.5) is 0 Å². The van der Waals surface area contributed by atoms with E-state index < -0.39 is 5.97 Å². The first-order chi connectivity index (χ1) is 8.99. The third kappa shape index (κ3) is 3.11. The summed E-state index contributed by atoms with van der Waals surface area (Å²) in [6.45, 7) is 0. The highest BCUT2D eigenvalue weighted by Gasteiger charge is 2.18. The third-order valence-electron chi connectivity index (χ3n) is 2.56. The summed E-state index contributed by atoms with van der Waals surface area (Å²) in [4.78, 5) is 23.5. The summed E-state index contributed by atoms with van der Waals surface area (Å²) in [6.07, 6.45) is 0. The predicted molar refractivity (Wildman–Crippen MR) is 78.7 cm³/mol. The Morgan fingerprint density at radius 1 is 0.842 bits per heavy atom. The van der Waals surface area contributed by atoms with E-state index in [0.29, 0.717) is 10.0 Å². The molecule has 0 unspecified atom stereocenters. The van der Waals surface area contributed by atoms with Gasteiger partial charge in [0.2, 0.25) is 0 Å². The minimum Gasteiger partial charge on any atom is -0.478 e. The normalized spacial score (nSPS) is 10.2. The fourth-order valence-electron chi connectivity index (χ4n) is 1.65. The number of ketones is 1. The maximum atomic E-state index is 12.3. The van der Waals surface area contributed by atoms with E-state index in [1.807, 2.05) is 0 Å². The quantitative estimate of drug-likeness (QED) is 0.810. The monoisotopic (exact) mass is 382 g/mol. The number of rotatable bonds is 3. The molecule has 1 N–H and O–H groups in total. The summed E-state index contributed by atoms with van der Waals surface area (Å²) in [6, 6.07) is 11.4. The Hall–Kier alpha value is -1.46. The first-order valence-corrected chi connectivity index (χ1v) is 6.91. The van der Waals surface area contributed by atoms with Gasteiger partial charge in [0.15, 0.2) is 5.78 Å².